The van der Waals surface area contributed by atoms with Crippen molar-refractivity contribution >= 4 is 21.9 Å². The van der Waals surface area contributed by atoms with Crippen LogP contribution in [-0.4, -0.2) is 9.97 Å². The third-order valence-electron chi connectivity index (χ3n) is 11.7. The molecule has 65 heavy (non-hydrogen) atoms. The predicted octanol–water partition coefficient (Wildman–Crippen LogP) is 15.9. The summed E-state index contributed by atoms with van der Waals surface area (Å²) < 4.78 is 19.7. The number of hydrogen-bond donors (Lipinski definition) is 0. The summed E-state index contributed by atoms with van der Waals surface area (Å²) in [6.45, 7) is 19.8. The number of hydrogen-bond acceptors (Lipinski definition) is 4. The Bertz CT molecular complexity index is 3130. The Balaban J connectivity index is 0.000000295. The molecule has 0 spiro atoms. The molecule has 9 rings (SSSR count). The molecule has 0 unspecified atom stereocenters. The normalized spacial score (nSPS) is 11.7. The maximum absolute atomic E-state index is 12.8. The summed E-state index contributed by atoms with van der Waals surface area (Å²) in [5.41, 5.74) is 15.1. The van der Waals surface area contributed by atoms with Crippen LogP contribution >= 0.6 is 0 Å². The van der Waals surface area contributed by atoms with E-state index in [2.05, 4.69) is 164 Å². The first-order chi connectivity index (χ1) is 30.5. The smallest absolute Gasteiger partial charge is 0.130 e. The molecule has 0 aliphatic carbocycles. The van der Waals surface area contributed by atoms with Crippen LogP contribution in [-0.2, 0) is 36.4 Å². The molecule has 3 aromatic heterocycles. The van der Waals surface area contributed by atoms with Crippen molar-refractivity contribution in [2.75, 3.05) is 0 Å². The number of rotatable bonds is 5. The SMILES string of the molecule is CC(C)(C)c1ccc(-c2[c-]cc(F)cc2)nc1.CC(C)(C)c1ccc(-c2ccnc(-c3[c-]cc(C(C)(C)C)c4c3oc3c(-c5ccc(-c6ccccc6)cc5)c(C#N)ccc34)c2)cc1.[Ir]. The Morgan fingerprint density at radius 2 is 1.20 bits per heavy atom. The number of pyridine rings is 2. The van der Waals surface area contributed by atoms with Crippen molar-refractivity contribution in [2.45, 2.75) is 78.6 Å². The van der Waals surface area contributed by atoms with Gasteiger partial charge in [0.25, 0.3) is 0 Å². The maximum Gasteiger partial charge on any atom is 0.130 e. The van der Waals surface area contributed by atoms with Crippen LogP contribution in [0.4, 0.5) is 4.39 Å². The van der Waals surface area contributed by atoms with Gasteiger partial charge < -0.3 is 14.4 Å². The molecule has 9 aromatic rings. The van der Waals surface area contributed by atoms with Gasteiger partial charge in [0.05, 0.1) is 17.2 Å². The average molecular weight is 1030 g/mol. The zero-order valence-electron chi connectivity index (χ0n) is 38.4. The standard InChI is InChI=1S/C44H37N2O.C15H15FN.Ir/c1-43(2,3)34-19-16-30(17-20-34)32-24-25-46-38(26-32)35-22-23-37(44(4,5)6)40-36-21-18-33(27-45)39(42(36)47-41(35)40)31-14-12-29(13-15-31)28-10-8-7-9-11-28;1-15(2,3)12-6-9-14(17-10-12)11-4-7-13(16)8-5-11;/h7-21,23-26H,1-6H3;4,6-10H,1-3H3;/q2*-1;. The number of benzene rings is 6. The number of furan rings is 1. The van der Waals surface area contributed by atoms with E-state index >= 15 is 0 Å². The molecule has 1 radical (unpaired) electrons. The third-order valence-corrected chi connectivity index (χ3v) is 11.7. The van der Waals surface area contributed by atoms with Gasteiger partial charge in [0.15, 0.2) is 0 Å². The van der Waals surface area contributed by atoms with Gasteiger partial charge in [-0.2, -0.15) is 5.26 Å². The predicted molar refractivity (Wildman–Crippen MR) is 261 cm³/mol. The molecule has 0 N–H and O–H groups in total. The van der Waals surface area contributed by atoms with Crippen LogP contribution < -0.4 is 0 Å². The van der Waals surface area contributed by atoms with Crippen LogP contribution in [0.15, 0.2) is 156 Å². The minimum Gasteiger partial charge on any atom is -0.500 e. The Kier molecular flexibility index (Phi) is 13.3. The summed E-state index contributed by atoms with van der Waals surface area (Å²) in [4.78, 5) is 9.20. The molecule has 0 aliphatic rings. The van der Waals surface area contributed by atoms with Gasteiger partial charge in [-0.15, -0.1) is 47.5 Å². The zero-order valence-corrected chi connectivity index (χ0v) is 40.8. The molecule has 3 heterocycles. The Labute approximate surface area is 396 Å². The number of nitrogens with zero attached hydrogens (tertiary/aromatic N) is 3. The van der Waals surface area contributed by atoms with Crippen LogP contribution in [0.3, 0.4) is 0 Å². The second-order valence-corrected chi connectivity index (χ2v) is 19.4. The fraction of sp³-hybridized carbons (Fsp3) is 0.203. The quantitative estimate of drug-likeness (QED) is 0.161. The van der Waals surface area contributed by atoms with Crippen molar-refractivity contribution < 1.29 is 28.9 Å². The summed E-state index contributed by atoms with van der Waals surface area (Å²) in [7, 11) is 0. The van der Waals surface area contributed by atoms with Crippen molar-refractivity contribution in [2.24, 2.45) is 0 Å². The van der Waals surface area contributed by atoms with Gasteiger partial charge >= 0.3 is 0 Å². The fourth-order valence-electron chi connectivity index (χ4n) is 7.98. The molecule has 0 amide bonds. The summed E-state index contributed by atoms with van der Waals surface area (Å²) in [6, 6.07) is 55.0. The average Bonchev–Trinajstić information content (AvgIpc) is 3.68. The van der Waals surface area contributed by atoms with E-state index in [9.17, 15) is 9.65 Å². The van der Waals surface area contributed by atoms with E-state index in [0.717, 1.165) is 77.8 Å². The molecule has 6 heteroatoms. The van der Waals surface area contributed by atoms with Crippen molar-refractivity contribution in [3.8, 4) is 62.0 Å². The van der Waals surface area contributed by atoms with Crippen LogP contribution in [0.1, 0.15) is 84.6 Å². The number of halogens is 1. The molecule has 0 fully saturated rings. The number of nitriles is 1. The van der Waals surface area contributed by atoms with Gasteiger partial charge in [0, 0.05) is 49.3 Å². The molecule has 327 valence electrons. The Hall–Kier alpha value is -6.51. The first-order valence-electron chi connectivity index (χ1n) is 21.7. The molecular formula is C59H52FIrN3O-2. The van der Waals surface area contributed by atoms with Crippen LogP contribution in [0.25, 0.3) is 77.8 Å². The minimum atomic E-state index is -0.278. The molecule has 6 aromatic carbocycles. The summed E-state index contributed by atoms with van der Waals surface area (Å²) >= 11 is 0. The molecule has 0 saturated heterocycles. The van der Waals surface area contributed by atoms with Gasteiger partial charge in [-0.05, 0) is 78.7 Å². The van der Waals surface area contributed by atoms with E-state index in [4.69, 9.17) is 9.40 Å². The number of aromatic nitrogens is 2. The second-order valence-electron chi connectivity index (χ2n) is 19.4. The summed E-state index contributed by atoms with van der Waals surface area (Å²) in [6.07, 6.45) is 3.72. The minimum absolute atomic E-state index is 0. The van der Waals surface area contributed by atoms with E-state index in [1.807, 2.05) is 54.9 Å². The summed E-state index contributed by atoms with van der Waals surface area (Å²) in [5, 5.41) is 12.3. The van der Waals surface area contributed by atoms with Crippen molar-refractivity contribution in [1.29, 1.82) is 5.26 Å². The summed E-state index contributed by atoms with van der Waals surface area (Å²) in [5.74, 6) is -0.278. The maximum atomic E-state index is 12.8. The zero-order chi connectivity index (χ0) is 45.4. The van der Waals surface area contributed by atoms with Gasteiger partial charge in [0.2, 0.25) is 0 Å². The largest absolute Gasteiger partial charge is 0.500 e. The van der Waals surface area contributed by atoms with Crippen LogP contribution in [0.2, 0.25) is 0 Å². The molecular weight excluding hydrogens is 978 g/mol. The second kappa shape index (κ2) is 18.5. The van der Waals surface area contributed by atoms with E-state index in [-0.39, 0.29) is 42.2 Å². The Morgan fingerprint density at radius 1 is 0.569 bits per heavy atom. The third kappa shape index (κ3) is 9.93. The van der Waals surface area contributed by atoms with E-state index in [1.54, 1.807) is 6.07 Å². The van der Waals surface area contributed by atoms with Crippen molar-refractivity contribution in [3.05, 3.63) is 192 Å². The van der Waals surface area contributed by atoms with Gasteiger partial charge in [0.1, 0.15) is 5.58 Å². The van der Waals surface area contributed by atoms with Crippen molar-refractivity contribution in [3.63, 3.8) is 0 Å². The van der Waals surface area contributed by atoms with Crippen LogP contribution in [0, 0.1) is 29.3 Å². The van der Waals surface area contributed by atoms with Gasteiger partial charge in [-0.1, -0.05) is 176 Å². The topological polar surface area (TPSA) is 62.7 Å². The van der Waals surface area contributed by atoms with E-state index < -0.39 is 0 Å². The van der Waals surface area contributed by atoms with Crippen molar-refractivity contribution in [1.82, 2.24) is 9.97 Å². The fourth-order valence-corrected chi connectivity index (χ4v) is 7.98. The number of fused-ring (bicyclic) bond motifs is 3. The first-order valence-corrected chi connectivity index (χ1v) is 21.7. The molecule has 0 atom stereocenters. The van der Waals surface area contributed by atoms with E-state index in [1.165, 1.54) is 23.3 Å². The van der Waals surface area contributed by atoms with E-state index in [0.29, 0.717) is 11.1 Å². The van der Waals surface area contributed by atoms with Crippen LogP contribution in [0.5, 0.6) is 0 Å². The van der Waals surface area contributed by atoms with Gasteiger partial charge in [-0.25, -0.2) is 0 Å². The molecule has 0 bridgehead atoms. The first kappa shape index (κ1) is 46.5. The molecule has 4 nitrogen and oxygen atoms in total. The molecule has 0 saturated carbocycles. The van der Waals surface area contributed by atoms with Gasteiger partial charge in [-0.3, -0.25) is 4.39 Å². The molecule has 0 aliphatic heterocycles. The monoisotopic (exact) mass is 1030 g/mol. The Morgan fingerprint density at radius 3 is 1.80 bits per heavy atom.